The highest BCUT2D eigenvalue weighted by Gasteiger charge is 2.25. The average Bonchev–Trinajstić information content (AvgIpc) is 2.62. The first kappa shape index (κ1) is 16.8. The van der Waals surface area contributed by atoms with E-state index in [0.717, 1.165) is 38.0 Å². The molecule has 0 unspecified atom stereocenters. The van der Waals surface area contributed by atoms with E-state index in [9.17, 15) is 4.79 Å². The van der Waals surface area contributed by atoms with Crippen molar-refractivity contribution in [3.63, 3.8) is 0 Å². The molecule has 1 aliphatic heterocycles. The second-order valence-corrected chi connectivity index (χ2v) is 6.78. The van der Waals surface area contributed by atoms with Crippen LogP contribution in [-0.2, 0) is 6.42 Å². The standard InChI is InChI=1S/C20H23ClN2O/c1-22-17-7-8-18(19(21)14-17)20(24)23-11-9-16(10-12-23)13-15-5-3-2-4-6-15/h2-8,14,16,22H,9-13H2,1H3. The number of carbonyl (C=O) groups is 1. The van der Waals surface area contributed by atoms with Crippen LogP contribution >= 0.6 is 11.6 Å². The Labute approximate surface area is 148 Å². The number of nitrogens with zero attached hydrogens (tertiary/aromatic N) is 1. The van der Waals surface area contributed by atoms with Gasteiger partial charge < -0.3 is 10.2 Å². The van der Waals surface area contributed by atoms with Gasteiger partial charge in [-0.15, -0.1) is 0 Å². The summed E-state index contributed by atoms with van der Waals surface area (Å²) in [6.45, 7) is 1.61. The smallest absolute Gasteiger partial charge is 0.255 e. The Balaban J connectivity index is 1.59. The molecular weight excluding hydrogens is 320 g/mol. The third kappa shape index (κ3) is 3.90. The maximum atomic E-state index is 12.7. The Kier molecular flexibility index (Phi) is 5.41. The van der Waals surface area contributed by atoms with Crippen molar-refractivity contribution in [2.75, 3.05) is 25.5 Å². The molecule has 1 heterocycles. The number of nitrogens with one attached hydrogen (secondary N) is 1. The molecule has 0 radical (unpaired) electrons. The van der Waals surface area contributed by atoms with Gasteiger partial charge in [0.15, 0.2) is 0 Å². The number of anilines is 1. The first-order valence-electron chi connectivity index (χ1n) is 8.48. The Morgan fingerprint density at radius 2 is 1.88 bits per heavy atom. The maximum Gasteiger partial charge on any atom is 0.255 e. The van der Waals surface area contributed by atoms with E-state index in [1.165, 1.54) is 5.56 Å². The van der Waals surface area contributed by atoms with E-state index in [-0.39, 0.29) is 5.91 Å². The third-order valence-electron chi connectivity index (χ3n) is 4.76. The van der Waals surface area contributed by atoms with Crippen LogP contribution in [0.5, 0.6) is 0 Å². The summed E-state index contributed by atoms with van der Waals surface area (Å²) in [6.07, 6.45) is 3.19. The lowest BCUT2D eigenvalue weighted by molar-refractivity contribution is 0.0691. The van der Waals surface area contributed by atoms with Crippen LogP contribution in [0.2, 0.25) is 5.02 Å². The summed E-state index contributed by atoms with van der Waals surface area (Å²) in [5, 5.41) is 3.55. The number of likely N-dealkylation sites (tertiary alicyclic amines) is 1. The topological polar surface area (TPSA) is 32.3 Å². The molecular formula is C20H23ClN2O. The van der Waals surface area contributed by atoms with Crippen molar-refractivity contribution in [3.05, 3.63) is 64.7 Å². The van der Waals surface area contributed by atoms with Gasteiger partial charge in [0, 0.05) is 25.8 Å². The monoisotopic (exact) mass is 342 g/mol. The molecule has 4 heteroatoms. The van der Waals surface area contributed by atoms with Gasteiger partial charge in [0.1, 0.15) is 0 Å². The van der Waals surface area contributed by atoms with E-state index in [1.54, 1.807) is 6.07 Å². The van der Waals surface area contributed by atoms with E-state index < -0.39 is 0 Å². The second-order valence-electron chi connectivity index (χ2n) is 6.37. The first-order valence-corrected chi connectivity index (χ1v) is 8.85. The van der Waals surface area contributed by atoms with E-state index in [1.807, 2.05) is 30.1 Å². The van der Waals surface area contributed by atoms with Crippen LogP contribution in [-0.4, -0.2) is 30.9 Å². The van der Waals surface area contributed by atoms with Gasteiger partial charge in [0.25, 0.3) is 5.91 Å². The number of rotatable bonds is 4. The second kappa shape index (κ2) is 7.71. The fraction of sp³-hybridized carbons (Fsp3) is 0.350. The molecule has 0 bridgehead atoms. The maximum absolute atomic E-state index is 12.7. The zero-order chi connectivity index (χ0) is 16.9. The van der Waals surface area contributed by atoms with Crippen molar-refractivity contribution in [2.24, 2.45) is 5.92 Å². The molecule has 1 amide bonds. The molecule has 2 aromatic carbocycles. The average molecular weight is 343 g/mol. The van der Waals surface area contributed by atoms with Crippen LogP contribution in [0, 0.1) is 5.92 Å². The fourth-order valence-corrected chi connectivity index (χ4v) is 3.56. The molecule has 0 saturated carbocycles. The first-order chi connectivity index (χ1) is 11.7. The van der Waals surface area contributed by atoms with Gasteiger partial charge in [0.05, 0.1) is 10.6 Å². The molecule has 3 rings (SSSR count). The summed E-state index contributed by atoms with van der Waals surface area (Å²) in [5.74, 6) is 0.694. The molecule has 0 aromatic heterocycles. The molecule has 1 N–H and O–H groups in total. The number of hydrogen-bond donors (Lipinski definition) is 1. The van der Waals surface area contributed by atoms with Crippen LogP contribution in [0.15, 0.2) is 48.5 Å². The zero-order valence-electron chi connectivity index (χ0n) is 14.0. The molecule has 0 aliphatic carbocycles. The lowest BCUT2D eigenvalue weighted by Crippen LogP contribution is -2.39. The van der Waals surface area contributed by atoms with E-state index in [2.05, 4.69) is 29.6 Å². The highest BCUT2D eigenvalue weighted by molar-refractivity contribution is 6.34. The van der Waals surface area contributed by atoms with Gasteiger partial charge in [-0.1, -0.05) is 41.9 Å². The van der Waals surface area contributed by atoms with Crippen LogP contribution < -0.4 is 5.32 Å². The molecule has 0 spiro atoms. The van der Waals surface area contributed by atoms with Gasteiger partial charge in [-0.2, -0.15) is 0 Å². The molecule has 1 saturated heterocycles. The minimum Gasteiger partial charge on any atom is -0.388 e. The predicted octanol–water partition coefficient (Wildman–Crippen LogP) is 4.48. The van der Waals surface area contributed by atoms with Crippen LogP contribution in [0.4, 0.5) is 5.69 Å². The highest BCUT2D eigenvalue weighted by Crippen LogP contribution is 2.26. The predicted molar refractivity (Wildman–Crippen MR) is 99.8 cm³/mol. The van der Waals surface area contributed by atoms with Crippen molar-refractivity contribution in [3.8, 4) is 0 Å². The van der Waals surface area contributed by atoms with Crippen molar-refractivity contribution in [2.45, 2.75) is 19.3 Å². The number of benzene rings is 2. The SMILES string of the molecule is CNc1ccc(C(=O)N2CCC(Cc3ccccc3)CC2)c(Cl)c1. The molecule has 24 heavy (non-hydrogen) atoms. The summed E-state index contributed by atoms with van der Waals surface area (Å²) in [5.41, 5.74) is 2.89. The minimum absolute atomic E-state index is 0.0424. The molecule has 2 aromatic rings. The van der Waals surface area contributed by atoms with E-state index in [4.69, 9.17) is 11.6 Å². The van der Waals surface area contributed by atoms with Gasteiger partial charge in [-0.3, -0.25) is 4.79 Å². The van der Waals surface area contributed by atoms with E-state index >= 15 is 0 Å². The molecule has 1 aliphatic rings. The Morgan fingerprint density at radius 1 is 1.17 bits per heavy atom. The normalized spacial score (nSPS) is 15.3. The van der Waals surface area contributed by atoms with Gasteiger partial charge in [-0.25, -0.2) is 0 Å². The summed E-state index contributed by atoms with van der Waals surface area (Å²) in [7, 11) is 1.84. The number of halogens is 1. The number of amides is 1. The zero-order valence-corrected chi connectivity index (χ0v) is 14.7. The van der Waals surface area contributed by atoms with Crippen molar-refractivity contribution < 1.29 is 4.79 Å². The molecule has 126 valence electrons. The third-order valence-corrected chi connectivity index (χ3v) is 5.07. The molecule has 1 fully saturated rings. The Morgan fingerprint density at radius 3 is 2.50 bits per heavy atom. The largest absolute Gasteiger partial charge is 0.388 e. The number of piperidine rings is 1. The highest BCUT2D eigenvalue weighted by atomic mass is 35.5. The summed E-state index contributed by atoms with van der Waals surface area (Å²) < 4.78 is 0. The quantitative estimate of drug-likeness (QED) is 0.888. The Hall–Kier alpha value is -2.00. The van der Waals surface area contributed by atoms with Crippen LogP contribution in [0.1, 0.15) is 28.8 Å². The van der Waals surface area contributed by atoms with Crippen molar-refractivity contribution in [1.29, 1.82) is 0 Å². The van der Waals surface area contributed by atoms with Crippen LogP contribution in [0.3, 0.4) is 0 Å². The van der Waals surface area contributed by atoms with Crippen LogP contribution in [0.25, 0.3) is 0 Å². The van der Waals surface area contributed by atoms with Crippen molar-refractivity contribution in [1.82, 2.24) is 4.90 Å². The van der Waals surface area contributed by atoms with Crippen molar-refractivity contribution >= 4 is 23.2 Å². The molecule has 3 nitrogen and oxygen atoms in total. The summed E-state index contributed by atoms with van der Waals surface area (Å²) in [6, 6.07) is 16.1. The molecule has 0 atom stereocenters. The lowest BCUT2D eigenvalue weighted by Gasteiger charge is -2.32. The van der Waals surface area contributed by atoms with E-state index in [0.29, 0.717) is 16.5 Å². The lowest BCUT2D eigenvalue weighted by atomic mass is 9.90. The summed E-state index contributed by atoms with van der Waals surface area (Å²) >= 11 is 6.27. The van der Waals surface area contributed by atoms with Gasteiger partial charge in [0.2, 0.25) is 0 Å². The number of carbonyl (C=O) groups excluding carboxylic acids is 1. The number of hydrogen-bond acceptors (Lipinski definition) is 2. The Bertz CT molecular complexity index is 694. The van der Waals surface area contributed by atoms with Gasteiger partial charge >= 0.3 is 0 Å². The van der Waals surface area contributed by atoms with Gasteiger partial charge in [-0.05, 0) is 48.9 Å². The fourth-order valence-electron chi connectivity index (χ4n) is 3.30. The minimum atomic E-state index is 0.0424. The summed E-state index contributed by atoms with van der Waals surface area (Å²) in [4.78, 5) is 14.6.